The van der Waals surface area contributed by atoms with Crippen LogP contribution in [0, 0.1) is 6.92 Å². The number of carbonyl (C=O) groups excluding carboxylic acids is 1. The molecule has 0 radical (unpaired) electrons. The molecule has 2 aromatic rings. The second kappa shape index (κ2) is 9.69. The fourth-order valence-electron chi connectivity index (χ4n) is 2.81. The van der Waals surface area contributed by atoms with Crippen molar-refractivity contribution in [2.24, 2.45) is 0 Å². The van der Waals surface area contributed by atoms with Crippen molar-refractivity contribution in [1.29, 1.82) is 0 Å². The quantitative estimate of drug-likeness (QED) is 0.479. The minimum absolute atomic E-state index is 0.336. The van der Waals surface area contributed by atoms with Crippen LogP contribution >= 0.6 is 23.6 Å². The van der Waals surface area contributed by atoms with Crippen LogP contribution in [0.25, 0.3) is 0 Å². The molecule has 0 aliphatic carbocycles. The predicted molar refractivity (Wildman–Crippen MR) is 115 cm³/mol. The summed E-state index contributed by atoms with van der Waals surface area (Å²) in [6.45, 7) is 6.23. The van der Waals surface area contributed by atoms with Gasteiger partial charge in [0, 0.05) is 10.6 Å². The van der Waals surface area contributed by atoms with Gasteiger partial charge in [-0.15, -0.1) is 11.3 Å². The third-order valence-electron chi connectivity index (χ3n) is 4.21. The molecule has 0 aliphatic heterocycles. The number of esters is 1. The van der Waals surface area contributed by atoms with E-state index in [1.54, 1.807) is 0 Å². The van der Waals surface area contributed by atoms with Crippen molar-refractivity contribution in [3.8, 4) is 0 Å². The number of aryl methyl sites for hydroxylation is 2. The summed E-state index contributed by atoms with van der Waals surface area (Å²) in [6, 6.07) is 8.28. The minimum Gasteiger partial charge on any atom is -0.465 e. The van der Waals surface area contributed by atoms with Gasteiger partial charge in [-0.3, -0.25) is 0 Å². The van der Waals surface area contributed by atoms with Gasteiger partial charge in [-0.2, -0.15) is 0 Å². The topological polar surface area (TPSA) is 50.4 Å². The van der Waals surface area contributed by atoms with Crippen LogP contribution in [-0.2, 0) is 17.6 Å². The molecule has 0 amide bonds. The van der Waals surface area contributed by atoms with E-state index in [0.29, 0.717) is 10.7 Å². The Morgan fingerprint density at radius 2 is 1.88 bits per heavy atom. The number of nitrogens with one attached hydrogen (secondary N) is 2. The van der Waals surface area contributed by atoms with Gasteiger partial charge in [0.05, 0.1) is 12.7 Å². The monoisotopic (exact) mass is 390 g/mol. The number of rotatable bonds is 7. The third-order valence-corrected chi connectivity index (χ3v) is 5.48. The van der Waals surface area contributed by atoms with Crippen LogP contribution < -0.4 is 10.6 Å². The molecule has 2 rings (SSSR count). The molecular formula is C20H26N2O2S2. The normalized spacial score (nSPS) is 10.5. The fourth-order valence-corrected chi connectivity index (χ4v) is 4.23. The van der Waals surface area contributed by atoms with E-state index in [-0.39, 0.29) is 5.97 Å². The highest BCUT2D eigenvalue weighted by Crippen LogP contribution is 2.34. The molecule has 0 atom stereocenters. The summed E-state index contributed by atoms with van der Waals surface area (Å²) < 4.78 is 4.94. The second-order valence-corrected chi connectivity index (χ2v) is 7.70. The molecule has 6 heteroatoms. The van der Waals surface area contributed by atoms with E-state index in [9.17, 15) is 4.79 Å². The number of unbranched alkanes of at least 4 members (excludes halogenated alkanes) is 1. The average molecular weight is 391 g/mol. The van der Waals surface area contributed by atoms with Crippen LogP contribution in [0.1, 0.15) is 53.1 Å². The number of methoxy groups -OCH3 is 1. The lowest BCUT2D eigenvalue weighted by molar-refractivity contribution is 0.0601. The van der Waals surface area contributed by atoms with E-state index in [2.05, 4.69) is 29.7 Å². The van der Waals surface area contributed by atoms with E-state index in [1.807, 2.05) is 26.0 Å². The molecule has 0 saturated carbocycles. The van der Waals surface area contributed by atoms with Crippen molar-refractivity contribution in [1.82, 2.24) is 0 Å². The maximum Gasteiger partial charge on any atom is 0.341 e. The Morgan fingerprint density at radius 3 is 2.46 bits per heavy atom. The van der Waals surface area contributed by atoms with E-state index < -0.39 is 0 Å². The largest absolute Gasteiger partial charge is 0.465 e. The lowest BCUT2D eigenvalue weighted by atomic mass is 10.1. The molecule has 1 aromatic heterocycles. The van der Waals surface area contributed by atoms with Gasteiger partial charge in [0.2, 0.25) is 0 Å². The molecule has 1 heterocycles. The molecule has 0 unspecified atom stereocenters. The zero-order valence-electron chi connectivity index (χ0n) is 15.8. The van der Waals surface area contributed by atoms with Crippen molar-refractivity contribution in [3.05, 3.63) is 45.8 Å². The van der Waals surface area contributed by atoms with Crippen LogP contribution in [0.2, 0.25) is 0 Å². The standard InChI is InChI=1S/C20H26N2O2S2/c1-5-7-8-14-9-11-15(12-10-14)21-20(25)22-18-17(19(23)24-4)16(6-2)13(3)26-18/h9-12H,5-8H2,1-4H3,(H2,21,22,25). The van der Waals surface area contributed by atoms with Crippen LogP contribution in [0.3, 0.4) is 0 Å². The average Bonchev–Trinajstić information content (AvgIpc) is 2.95. The molecule has 2 N–H and O–H groups in total. The third kappa shape index (κ3) is 5.05. The minimum atomic E-state index is -0.336. The molecule has 140 valence electrons. The maximum absolute atomic E-state index is 12.2. The summed E-state index contributed by atoms with van der Waals surface area (Å²) >= 11 is 6.94. The molecular weight excluding hydrogens is 364 g/mol. The summed E-state index contributed by atoms with van der Waals surface area (Å²) in [5.74, 6) is -0.336. The summed E-state index contributed by atoms with van der Waals surface area (Å²) in [5.41, 5.74) is 3.83. The Hall–Kier alpha value is -1.92. The zero-order valence-corrected chi connectivity index (χ0v) is 17.4. The van der Waals surface area contributed by atoms with E-state index in [4.69, 9.17) is 17.0 Å². The summed E-state index contributed by atoms with van der Waals surface area (Å²) in [7, 11) is 1.40. The van der Waals surface area contributed by atoms with E-state index in [1.165, 1.54) is 36.9 Å². The van der Waals surface area contributed by atoms with Crippen LogP contribution in [0.5, 0.6) is 0 Å². The Morgan fingerprint density at radius 1 is 1.19 bits per heavy atom. The van der Waals surface area contributed by atoms with Gasteiger partial charge in [-0.1, -0.05) is 32.4 Å². The summed E-state index contributed by atoms with van der Waals surface area (Å²) in [6.07, 6.45) is 4.25. The van der Waals surface area contributed by atoms with Gasteiger partial charge in [0.15, 0.2) is 5.11 Å². The van der Waals surface area contributed by atoms with Gasteiger partial charge in [0.25, 0.3) is 0 Å². The lowest BCUT2D eigenvalue weighted by Gasteiger charge is -2.11. The Labute approximate surface area is 165 Å². The Kier molecular flexibility index (Phi) is 7.60. The highest BCUT2D eigenvalue weighted by Gasteiger charge is 2.22. The highest BCUT2D eigenvalue weighted by atomic mass is 32.1. The van der Waals surface area contributed by atoms with Crippen LogP contribution in [-0.4, -0.2) is 18.2 Å². The lowest BCUT2D eigenvalue weighted by Crippen LogP contribution is -2.20. The maximum atomic E-state index is 12.2. The first-order valence-corrected chi connectivity index (χ1v) is 10.1. The van der Waals surface area contributed by atoms with Crippen LogP contribution in [0.4, 0.5) is 10.7 Å². The number of thiocarbonyl (C=S) groups is 1. The Balaban J connectivity index is 2.09. The number of hydrogen-bond donors (Lipinski definition) is 2. The number of carbonyl (C=O) groups is 1. The van der Waals surface area contributed by atoms with Gasteiger partial charge >= 0.3 is 5.97 Å². The number of anilines is 2. The van der Waals surface area contributed by atoms with Crippen molar-refractivity contribution in [2.75, 3.05) is 17.7 Å². The van der Waals surface area contributed by atoms with Gasteiger partial charge in [0.1, 0.15) is 5.00 Å². The van der Waals surface area contributed by atoms with E-state index >= 15 is 0 Å². The molecule has 0 spiro atoms. The fraction of sp³-hybridized carbons (Fsp3) is 0.400. The molecule has 4 nitrogen and oxygen atoms in total. The highest BCUT2D eigenvalue weighted by molar-refractivity contribution is 7.80. The molecule has 0 bridgehead atoms. The van der Waals surface area contributed by atoms with Gasteiger partial charge in [-0.05, 0) is 61.7 Å². The van der Waals surface area contributed by atoms with E-state index in [0.717, 1.165) is 34.0 Å². The molecule has 0 fully saturated rings. The van der Waals surface area contributed by atoms with Crippen molar-refractivity contribution < 1.29 is 9.53 Å². The molecule has 0 saturated heterocycles. The number of benzene rings is 1. The van der Waals surface area contributed by atoms with Crippen LogP contribution in [0.15, 0.2) is 24.3 Å². The first kappa shape index (κ1) is 20.4. The smallest absolute Gasteiger partial charge is 0.341 e. The number of hydrogen-bond acceptors (Lipinski definition) is 4. The van der Waals surface area contributed by atoms with Crippen molar-refractivity contribution >= 4 is 45.3 Å². The number of thiophene rings is 1. The van der Waals surface area contributed by atoms with Crippen molar-refractivity contribution in [3.63, 3.8) is 0 Å². The molecule has 1 aromatic carbocycles. The molecule has 26 heavy (non-hydrogen) atoms. The van der Waals surface area contributed by atoms with Crippen molar-refractivity contribution in [2.45, 2.75) is 46.5 Å². The first-order valence-electron chi connectivity index (χ1n) is 8.87. The first-order chi connectivity index (χ1) is 12.5. The predicted octanol–water partition coefficient (Wildman–Crippen LogP) is 5.56. The number of ether oxygens (including phenoxy) is 1. The Bertz CT molecular complexity index is 767. The SMILES string of the molecule is CCCCc1ccc(NC(=S)Nc2sc(C)c(CC)c2C(=O)OC)cc1. The van der Waals surface area contributed by atoms with Gasteiger partial charge in [-0.25, -0.2) is 4.79 Å². The molecule has 0 aliphatic rings. The second-order valence-electron chi connectivity index (χ2n) is 6.07. The zero-order chi connectivity index (χ0) is 19.1. The summed E-state index contributed by atoms with van der Waals surface area (Å²) in [4.78, 5) is 13.3. The van der Waals surface area contributed by atoms with Gasteiger partial charge < -0.3 is 15.4 Å². The summed E-state index contributed by atoms with van der Waals surface area (Å²) in [5, 5.41) is 7.52.